The number of nitrogens with zero attached hydrogens (tertiary/aromatic N) is 1. The Labute approximate surface area is 128 Å². The number of rotatable bonds is 8. The molecule has 0 radical (unpaired) electrons. The van der Waals surface area contributed by atoms with E-state index < -0.39 is 0 Å². The van der Waals surface area contributed by atoms with Crippen LogP contribution in [0, 0.1) is 5.41 Å². The summed E-state index contributed by atoms with van der Waals surface area (Å²) >= 11 is 0. The highest BCUT2D eigenvalue weighted by molar-refractivity contribution is 5.81. The average molecular weight is 292 g/mol. The van der Waals surface area contributed by atoms with E-state index in [1.54, 1.807) is 0 Å². The Morgan fingerprint density at radius 2 is 1.95 bits per heavy atom. The second kappa shape index (κ2) is 8.03. The van der Waals surface area contributed by atoms with E-state index in [0.717, 1.165) is 24.3 Å². The predicted octanol–water partition coefficient (Wildman–Crippen LogP) is 2.68. The first-order valence-electron chi connectivity index (χ1n) is 7.50. The third-order valence-electron chi connectivity index (χ3n) is 3.71. The molecule has 21 heavy (non-hydrogen) atoms. The van der Waals surface area contributed by atoms with Gasteiger partial charge in [0, 0.05) is 24.1 Å². The molecule has 0 aliphatic rings. The molecule has 1 N–H and O–H groups in total. The van der Waals surface area contributed by atoms with Gasteiger partial charge in [0.2, 0.25) is 5.91 Å². The van der Waals surface area contributed by atoms with Gasteiger partial charge in [0.1, 0.15) is 12.4 Å². The number of hydrogen-bond acceptors (Lipinski definition) is 3. The Kier molecular flexibility index (Phi) is 6.69. The number of hydrogen-bond donors (Lipinski definition) is 1. The minimum absolute atomic E-state index is 0.0769. The lowest BCUT2D eigenvalue weighted by Crippen LogP contribution is -2.36. The predicted molar refractivity (Wildman–Crippen MR) is 86.4 cm³/mol. The highest BCUT2D eigenvalue weighted by Crippen LogP contribution is 2.21. The number of ether oxygens (including phenoxy) is 1. The molecule has 0 bridgehead atoms. The molecule has 1 amide bonds. The van der Waals surface area contributed by atoms with E-state index in [-0.39, 0.29) is 11.3 Å². The number of para-hydroxylation sites is 1. The fourth-order valence-electron chi connectivity index (χ4n) is 1.70. The van der Waals surface area contributed by atoms with Gasteiger partial charge in [0.15, 0.2) is 0 Å². The van der Waals surface area contributed by atoms with Crippen molar-refractivity contribution in [1.82, 2.24) is 10.2 Å². The van der Waals surface area contributed by atoms with Crippen molar-refractivity contribution in [1.29, 1.82) is 0 Å². The Balaban J connectivity index is 2.61. The fourth-order valence-corrected chi connectivity index (χ4v) is 1.70. The van der Waals surface area contributed by atoms with Gasteiger partial charge >= 0.3 is 0 Å². The first-order valence-corrected chi connectivity index (χ1v) is 7.50. The van der Waals surface area contributed by atoms with Crippen molar-refractivity contribution in [2.75, 3.05) is 27.2 Å². The van der Waals surface area contributed by atoms with Gasteiger partial charge in [-0.3, -0.25) is 4.79 Å². The van der Waals surface area contributed by atoms with E-state index in [1.807, 2.05) is 59.1 Å². The third-order valence-corrected chi connectivity index (χ3v) is 3.71. The maximum Gasteiger partial charge on any atom is 0.225 e. The molecule has 0 aliphatic heterocycles. The van der Waals surface area contributed by atoms with Crippen LogP contribution in [0.5, 0.6) is 5.75 Å². The summed E-state index contributed by atoms with van der Waals surface area (Å²) in [6.45, 7) is 7.95. The minimum Gasteiger partial charge on any atom is -0.492 e. The third kappa shape index (κ3) is 5.76. The van der Waals surface area contributed by atoms with Crippen LogP contribution in [0.2, 0.25) is 0 Å². The molecule has 0 saturated carbocycles. The highest BCUT2D eigenvalue weighted by atomic mass is 16.5. The van der Waals surface area contributed by atoms with Crippen molar-refractivity contribution >= 4 is 5.91 Å². The van der Waals surface area contributed by atoms with Gasteiger partial charge in [-0.05, 0) is 26.6 Å². The molecule has 0 saturated heterocycles. The summed E-state index contributed by atoms with van der Waals surface area (Å²) in [5.74, 6) is 0.919. The summed E-state index contributed by atoms with van der Waals surface area (Å²) in [4.78, 5) is 14.2. The lowest BCUT2D eigenvalue weighted by atomic mass is 9.89. The van der Waals surface area contributed by atoms with Gasteiger partial charge in [-0.1, -0.05) is 39.0 Å². The van der Waals surface area contributed by atoms with E-state index >= 15 is 0 Å². The van der Waals surface area contributed by atoms with E-state index in [4.69, 9.17) is 4.74 Å². The van der Waals surface area contributed by atoms with Crippen molar-refractivity contribution in [3.63, 3.8) is 0 Å². The van der Waals surface area contributed by atoms with Gasteiger partial charge in [0.05, 0.1) is 0 Å². The van der Waals surface area contributed by atoms with Gasteiger partial charge in [-0.15, -0.1) is 0 Å². The van der Waals surface area contributed by atoms with Crippen molar-refractivity contribution in [2.45, 2.75) is 33.7 Å². The number of amides is 1. The topological polar surface area (TPSA) is 41.6 Å². The van der Waals surface area contributed by atoms with E-state index in [9.17, 15) is 4.79 Å². The standard InChI is InChI=1S/C17H28N2O2/c1-6-17(2,3)16(20)18-13-14-9-7-8-10-15(14)21-12-11-19(4)5/h7-10H,6,11-13H2,1-5H3,(H,18,20). The Morgan fingerprint density at radius 3 is 2.57 bits per heavy atom. The van der Waals surface area contributed by atoms with E-state index in [0.29, 0.717) is 13.2 Å². The van der Waals surface area contributed by atoms with Crippen LogP contribution in [0.3, 0.4) is 0 Å². The molecule has 0 spiro atoms. The van der Waals surface area contributed by atoms with Crippen LogP contribution in [-0.4, -0.2) is 38.1 Å². The first-order chi connectivity index (χ1) is 9.86. The summed E-state index contributed by atoms with van der Waals surface area (Å²) in [6.07, 6.45) is 0.819. The molecule has 0 unspecified atom stereocenters. The molecule has 1 aromatic rings. The molecule has 118 valence electrons. The van der Waals surface area contributed by atoms with Crippen LogP contribution in [-0.2, 0) is 11.3 Å². The second-order valence-electron chi connectivity index (χ2n) is 6.18. The van der Waals surface area contributed by atoms with Crippen LogP contribution in [0.4, 0.5) is 0 Å². The molecule has 1 aromatic carbocycles. The normalized spacial score (nSPS) is 11.5. The second-order valence-corrected chi connectivity index (χ2v) is 6.18. The highest BCUT2D eigenvalue weighted by Gasteiger charge is 2.24. The van der Waals surface area contributed by atoms with Crippen molar-refractivity contribution in [2.24, 2.45) is 5.41 Å². The number of likely N-dealkylation sites (N-methyl/N-ethyl adjacent to an activating group) is 1. The number of nitrogens with one attached hydrogen (secondary N) is 1. The largest absolute Gasteiger partial charge is 0.492 e. The molecular formula is C17H28N2O2. The average Bonchev–Trinajstić information content (AvgIpc) is 2.45. The Hall–Kier alpha value is -1.55. The van der Waals surface area contributed by atoms with Crippen LogP contribution >= 0.6 is 0 Å². The van der Waals surface area contributed by atoms with Crippen LogP contribution in [0.1, 0.15) is 32.8 Å². The zero-order valence-corrected chi connectivity index (χ0v) is 13.9. The lowest BCUT2D eigenvalue weighted by molar-refractivity contribution is -0.129. The molecular weight excluding hydrogens is 264 g/mol. The summed E-state index contributed by atoms with van der Waals surface area (Å²) in [5, 5.41) is 3.00. The number of carbonyl (C=O) groups excluding carboxylic acids is 1. The maximum atomic E-state index is 12.1. The van der Waals surface area contributed by atoms with Gasteiger partial charge in [-0.2, -0.15) is 0 Å². The van der Waals surface area contributed by atoms with Crippen LogP contribution in [0.25, 0.3) is 0 Å². The van der Waals surface area contributed by atoms with Crippen LogP contribution in [0.15, 0.2) is 24.3 Å². The molecule has 4 nitrogen and oxygen atoms in total. The minimum atomic E-state index is -0.333. The van der Waals surface area contributed by atoms with Crippen molar-refractivity contribution in [3.8, 4) is 5.75 Å². The van der Waals surface area contributed by atoms with Gasteiger partial charge in [-0.25, -0.2) is 0 Å². The molecule has 0 fully saturated rings. The van der Waals surface area contributed by atoms with Crippen molar-refractivity contribution in [3.05, 3.63) is 29.8 Å². The van der Waals surface area contributed by atoms with E-state index in [1.165, 1.54) is 0 Å². The quantitative estimate of drug-likeness (QED) is 0.801. The summed E-state index contributed by atoms with van der Waals surface area (Å²) in [5.41, 5.74) is 0.678. The van der Waals surface area contributed by atoms with Crippen LogP contribution < -0.4 is 10.1 Å². The monoisotopic (exact) mass is 292 g/mol. The van der Waals surface area contributed by atoms with Gasteiger partial charge < -0.3 is 15.0 Å². The van der Waals surface area contributed by atoms with E-state index in [2.05, 4.69) is 10.2 Å². The van der Waals surface area contributed by atoms with Crippen molar-refractivity contribution < 1.29 is 9.53 Å². The molecule has 0 aromatic heterocycles. The summed E-state index contributed by atoms with van der Waals surface area (Å²) in [7, 11) is 4.03. The molecule has 0 heterocycles. The first kappa shape index (κ1) is 17.5. The Bertz CT molecular complexity index is 456. The summed E-state index contributed by atoms with van der Waals surface area (Å²) in [6, 6.07) is 7.85. The zero-order chi connectivity index (χ0) is 15.9. The molecule has 0 atom stereocenters. The lowest BCUT2D eigenvalue weighted by Gasteiger charge is -2.22. The zero-order valence-electron chi connectivity index (χ0n) is 13.9. The SMILES string of the molecule is CCC(C)(C)C(=O)NCc1ccccc1OCCN(C)C. The molecule has 1 rings (SSSR count). The fraction of sp³-hybridized carbons (Fsp3) is 0.588. The smallest absolute Gasteiger partial charge is 0.225 e. The summed E-state index contributed by atoms with van der Waals surface area (Å²) < 4.78 is 5.80. The Morgan fingerprint density at radius 1 is 1.29 bits per heavy atom. The number of benzene rings is 1. The molecule has 0 aliphatic carbocycles. The van der Waals surface area contributed by atoms with Gasteiger partial charge in [0.25, 0.3) is 0 Å². The maximum absolute atomic E-state index is 12.1. The molecule has 4 heteroatoms. The number of carbonyl (C=O) groups is 1.